The molecule has 1 aliphatic rings. The molecule has 5 heteroatoms. The van der Waals surface area contributed by atoms with Crippen LogP contribution in [0.4, 0.5) is 0 Å². The molecule has 0 saturated carbocycles. The number of piperidine rings is 1. The second-order valence-corrected chi connectivity index (χ2v) is 6.57. The molecule has 2 aromatic rings. The molecule has 1 amide bonds. The fourth-order valence-electron chi connectivity index (χ4n) is 3.71. The Labute approximate surface area is 136 Å². The highest BCUT2D eigenvalue weighted by molar-refractivity contribution is 5.85. The van der Waals surface area contributed by atoms with Gasteiger partial charge in [0.15, 0.2) is 0 Å². The molecule has 124 valence electrons. The highest BCUT2D eigenvalue weighted by Crippen LogP contribution is 2.31. The zero-order chi connectivity index (χ0) is 16.6. The summed E-state index contributed by atoms with van der Waals surface area (Å²) in [6, 6.07) is 8.18. The molecule has 3 rings (SSSR count). The summed E-state index contributed by atoms with van der Waals surface area (Å²) >= 11 is 0. The molecule has 0 aliphatic carbocycles. The molecule has 1 saturated heterocycles. The number of nitrogens with two attached hydrogens (primary N) is 1. The number of hydrogen-bond donors (Lipinski definition) is 2. The van der Waals surface area contributed by atoms with E-state index in [0.29, 0.717) is 6.54 Å². The number of nitrogens with zero attached hydrogens (tertiary/aromatic N) is 2. The molecule has 1 aromatic carbocycles. The summed E-state index contributed by atoms with van der Waals surface area (Å²) in [7, 11) is 2.03. The maximum atomic E-state index is 11.3. The monoisotopic (exact) mass is 315 g/mol. The van der Waals surface area contributed by atoms with Gasteiger partial charge in [-0.05, 0) is 38.9 Å². The van der Waals surface area contributed by atoms with Crippen LogP contribution in [0.5, 0.6) is 0 Å². The topological polar surface area (TPSA) is 71.5 Å². The number of likely N-dealkylation sites (tertiary alicyclic amines) is 1. The van der Waals surface area contributed by atoms with Crippen molar-refractivity contribution in [2.45, 2.75) is 25.9 Å². The lowest BCUT2D eigenvalue weighted by Gasteiger charge is -2.32. The van der Waals surface area contributed by atoms with Crippen LogP contribution in [-0.2, 0) is 11.8 Å². The number of aromatic nitrogens is 1. The van der Waals surface area contributed by atoms with Crippen LogP contribution < -0.4 is 5.73 Å². The number of carbonyl (C=O) groups is 1. The molecule has 0 unspecified atom stereocenters. The number of primary amides is 1. The van der Waals surface area contributed by atoms with E-state index in [1.807, 2.05) is 19.2 Å². The molecule has 1 aliphatic heterocycles. The fraction of sp³-hybridized carbons (Fsp3) is 0.500. The predicted octanol–water partition coefficient (Wildman–Crippen LogP) is 1.72. The van der Waals surface area contributed by atoms with Crippen LogP contribution >= 0.6 is 0 Å². The van der Waals surface area contributed by atoms with Crippen molar-refractivity contribution >= 4 is 16.8 Å². The number of para-hydroxylation sites is 1. The van der Waals surface area contributed by atoms with E-state index in [1.165, 1.54) is 0 Å². The Morgan fingerprint density at radius 3 is 2.65 bits per heavy atom. The molecular weight excluding hydrogens is 290 g/mol. The normalized spacial score (nSPS) is 18.4. The van der Waals surface area contributed by atoms with E-state index < -0.39 is 6.10 Å². The number of fused-ring (bicyclic) bond motifs is 1. The highest BCUT2D eigenvalue weighted by atomic mass is 16.3. The number of rotatable bonds is 4. The van der Waals surface area contributed by atoms with Crippen molar-refractivity contribution in [2.24, 2.45) is 18.7 Å². The summed E-state index contributed by atoms with van der Waals surface area (Å²) < 4.78 is 2.13. The first-order valence-corrected chi connectivity index (χ1v) is 8.22. The van der Waals surface area contributed by atoms with Gasteiger partial charge in [0.2, 0.25) is 5.91 Å². The van der Waals surface area contributed by atoms with Crippen molar-refractivity contribution in [1.82, 2.24) is 9.47 Å². The SMILES string of the molecule is Cc1c([C@H](O)CN2CCC(C(N)=O)CC2)c2ccccc2n1C. The number of aliphatic hydroxyl groups is 1. The van der Waals surface area contributed by atoms with Gasteiger partial charge < -0.3 is 20.3 Å². The third kappa shape index (κ3) is 2.99. The van der Waals surface area contributed by atoms with Crippen LogP contribution in [0.15, 0.2) is 24.3 Å². The third-order valence-electron chi connectivity index (χ3n) is 5.20. The van der Waals surface area contributed by atoms with E-state index in [4.69, 9.17) is 5.73 Å². The lowest BCUT2D eigenvalue weighted by atomic mass is 9.95. The van der Waals surface area contributed by atoms with E-state index in [0.717, 1.165) is 48.1 Å². The predicted molar refractivity (Wildman–Crippen MR) is 91.0 cm³/mol. The molecule has 1 fully saturated rings. The summed E-state index contributed by atoms with van der Waals surface area (Å²) in [4.78, 5) is 13.5. The number of hydrogen-bond acceptors (Lipinski definition) is 3. The lowest BCUT2D eigenvalue weighted by molar-refractivity contribution is -0.123. The molecule has 23 heavy (non-hydrogen) atoms. The Balaban J connectivity index is 1.76. The molecular formula is C18H25N3O2. The van der Waals surface area contributed by atoms with Gasteiger partial charge in [0, 0.05) is 41.7 Å². The highest BCUT2D eigenvalue weighted by Gasteiger charge is 2.26. The summed E-state index contributed by atoms with van der Waals surface area (Å²) in [6.07, 6.45) is 1.05. The van der Waals surface area contributed by atoms with Gasteiger partial charge in [0.1, 0.15) is 0 Å². The average Bonchev–Trinajstić information content (AvgIpc) is 2.80. The minimum absolute atomic E-state index is 0.0114. The average molecular weight is 315 g/mol. The lowest BCUT2D eigenvalue weighted by Crippen LogP contribution is -2.40. The zero-order valence-electron chi connectivity index (χ0n) is 13.8. The smallest absolute Gasteiger partial charge is 0.220 e. The zero-order valence-corrected chi connectivity index (χ0v) is 13.8. The minimum atomic E-state index is -0.522. The number of aryl methyl sites for hydroxylation is 1. The van der Waals surface area contributed by atoms with E-state index in [2.05, 4.69) is 28.5 Å². The Kier molecular flexibility index (Phi) is 4.41. The fourth-order valence-corrected chi connectivity index (χ4v) is 3.71. The minimum Gasteiger partial charge on any atom is -0.387 e. The number of benzene rings is 1. The van der Waals surface area contributed by atoms with Crippen molar-refractivity contribution in [3.8, 4) is 0 Å². The van der Waals surface area contributed by atoms with Crippen LogP contribution in [-0.4, -0.2) is 40.1 Å². The van der Waals surface area contributed by atoms with Gasteiger partial charge in [-0.25, -0.2) is 0 Å². The second-order valence-electron chi connectivity index (χ2n) is 6.57. The van der Waals surface area contributed by atoms with Crippen LogP contribution in [0, 0.1) is 12.8 Å². The van der Waals surface area contributed by atoms with Gasteiger partial charge >= 0.3 is 0 Å². The number of carbonyl (C=O) groups excluding carboxylic acids is 1. The first-order chi connectivity index (χ1) is 11.0. The van der Waals surface area contributed by atoms with Gasteiger partial charge in [0.05, 0.1) is 6.10 Å². The Hall–Kier alpha value is -1.85. The molecule has 0 spiro atoms. The van der Waals surface area contributed by atoms with Gasteiger partial charge in [-0.1, -0.05) is 18.2 Å². The summed E-state index contributed by atoms with van der Waals surface area (Å²) in [5, 5.41) is 11.9. The molecule has 1 aromatic heterocycles. The van der Waals surface area contributed by atoms with Crippen LogP contribution in [0.3, 0.4) is 0 Å². The molecule has 0 radical (unpaired) electrons. The van der Waals surface area contributed by atoms with E-state index >= 15 is 0 Å². The first kappa shape index (κ1) is 16.0. The Morgan fingerprint density at radius 1 is 1.35 bits per heavy atom. The van der Waals surface area contributed by atoms with E-state index in [1.54, 1.807) is 0 Å². The maximum absolute atomic E-state index is 11.3. The number of amides is 1. The van der Waals surface area contributed by atoms with E-state index in [9.17, 15) is 9.90 Å². The first-order valence-electron chi connectivity index (χ1n) is 8.22. The summed E-state index contributed by atoms with van der Waals surface area (Å²) in [6.45, 7) is 4.28. The van der Waals surface area contributed by atoms with Crippen LogP contribution in [0.2, 0.25) is 0 Å². The Morgan fingerprint density at radius 2 is 2.00 bits per heavy atom. The molecule has 0 bridgehead atoms. The van der Waals surface area contributed by atoms with Gasteiger partial charge in [0.25, 0.3) is 0 Å². The van der Waals surface area contributed by atoms with Gasteiger partial charge in [-0.2, -0.15) is 0 Å². The van der Waals surface area contributed by atoms with Crippen molar-refractivity contribution in [1.29, 1.82) is 0 Å². The van der Waals surface area contributed by atoms with Gasteiger partial charge in [-0.15, -0.1) is 0 Å². The standard InChI is InChI=1S/C18H25N3O2/c1-12-17(14-5-3-4-6-15(14)20(12)2)16(22)11-21-9-7-13(8-10-21)18(19)23/h3-6,13,16,22H,7-11H2,1-2H3,(H2,19,23)/t16-/m1/s1. The molecule has 2 heterocycles. The number of aliphatic hydroxyl groups excluding tert-OH is 1. The van der Waals surface area contributed by atoms with Crippen molar-refractivity contribution in [3.63, 3.8) is 0 Å². The molecule has 5 nitrogen and oxygen atoms in total. The number of β-amino-alcohol motifs (C(OH)–C–C–N with tert-alkyl or cyclic N) is 1. The van der Waals surface area contributed by atoms with Crippen molar-refractivity contribution in [3.05, 3.63) is 35.5 Å². The van der Waals surface area contributed by atoms with Crippen LogP contribution in [0.25, 0.3) is 10.9 Å². The second kappa shape index (κ2) is 6.34. The van der Waals surface area contributed by atoms with Crippen molar-refractivity contribution < 1.29 is 9.90 Å². The molecule has 1 atom stereocenters. The van der Waals surface area contributed by atoms with E-state index in [-0.39, 0.29) is 11.8 Å². The summed E-state index contributed by atoms with van der Waals surface area (Å²) in [5.41, 5.74) is 8.64. The Bertz CT molecular complexity index is 714. The van der Waals surface area contributed by atoms with Gasteiger partial charge in [-0.3, -0.25) is 4.79 Å². The third-order valence-corrected chi connectivity index (χ3v) is 5.20. The summed E-state index contributed by atoms with van der Waals surface area (Å²) in [5.74, 6) is -0.210. The molecule has 3 N–H and O–H groups in total. The maximum Gasteiger partial charge on any atom is 0.220 e. The largest absolute Gasteiger partial charge is 0.387 e. The van der Waals surface area contributed by atoms with Crippen molar-refractivity contribution in [2.75, 3.05) is 19.6 Å². The van der Waals surface area contributed by atoms with Crippen LogP contribution in [0.1, 0.15) is 30.2 Å². The quantitative estimate of drug-likeness (QED) is 0.902.